The summed E-state index contributed by atoms with van der Waals surface area (Å²) in [5.41, 5.74) is 10.8. The van der Waals surface area contributed by atoms with Crippen LogP contribution in [0.4, 0.5) is 0 Å². The predicted octanol–water partition coefficient (Wildman–Crippen LogP) is 5.34. The number of rotatable bonds is 3. The highest BCUT2D eigenvalue weighted by atomic mass is 16.3. The molecule has 0 radical (unpaired) electrons. The maximum absolute atomic E-state index is 13.7. The fourth-order valence-electron chi connectivity index (χ4n) is 4.53. The smallest absolute Gasteiger partial charge is 0.201 e. The van der Waals surface area contributed by atoms with E-state index in [9.17, 15) is 4.79 Å². The van der Waals surface area contributed by atoms with E-state index in [1.165, 1.54) is 0 Å². The molecular formula is C26H21N3O2. The van der Waals surface area contributed by atoms with Gasteiger partial charge < -0.3 is 10.2 Å². The third kappa shape index (κ3) is 2.74. The molecule has 1 aliphatic rings. The standard InChI is InChI=1S/C26H21N3O2/c27-26(13-4-14-26)19-10-7-16(8-11-19)21-23(30)20-12-9-18-15-28-29-22(18)25(20)31-24(21)17-5-2-1-3-6-17/h1-3,5-12,15H,4,13-14,27H2,(H,28,29). The van der Waals surface area contributed by atoms with Gasteiger partial charge in [-0.1, -0.05) is 60.7 Å². The average molecular weight is 407 g/mol. The van der Waals surface area contributed by atoms with Crippen LogP contribution in [-0.2, 0) is 5.54 Å². The molecule has 0 atom stereocenters. The molecule has 0 bridgehead atoms. The van der Waals surface area contributed by atoms with Crippen molar-refractivity contribution >= 4 is 21.9 Å². The number of aromatic nitrogens is 2. The molecule has 2 heterocycles. The minimum absolute atomic E-state index is 0.0598. The highest BCUT2D eigenvalue weighted by Gasteiger charge is 2.34. The van der Waals surface area contributed by atoms with Crippen molar-refractivity contribution in [3.63, 3.8) is 0 Å². The van der Waals surface area contributed by atoms with Gasteiger partial charge in [-0.15, -0.1) is 0 Å². The number of hydrogen-bond acceptors (Lipinski definition) is 4. The molecular weight excluding hydrogens is 386 g/mol. The van der Waals surface area contributed by atoms with Gasteiger partial charge in [0.2, 0.25) is 5.43 Å². The fourth-order valence-corrected chi connectivity index (χ4v) is 4.53. The number of nitrogens with one attached hydrogen (secondary N) is 1. The van der Waals surface area contributed by atoms with E-state index in [0.717, 1.165) is 46.9 Å². The van der Waals surface area contributed by atoms with Gasteiger partial charge in [0.15, 0.2) is 5.58 Å². The Morgan fingerprint density at radius 3 is 2.42 bits per heavy atom. The van der Waals surface area contributed by atoms with E-state index < -0.39 is 0 Å². The SMILES string of the molecule is NC1(c2ccc(-c3c(-c4ccccc4)oc4c(ccc5cn[nH]c54)c3=O)cc2)CCC1. The zero-order valence-electron chi connectivity index (χ0n) is 16.9. The zero-order valence-corrected chi connectivity index (χ0v) is 16.9. The monoisotopic (exact) mass is 407 g/mol. The van der Waals surface area contributed by atoms with E-state index in [-0.39, 0.29) is 11.0 Å². The third-order valence-corrected chi connectivity index (χ3v) is 6.50. The summed E-state index contributed by atoms with van der Waals surface area (Å²) in [6.45, 7) is 0. The molecule has 5 nitrogen and oxygen atoms in total. The Bertz CT molecular complexity index is 1480. The van der Waals surface area contributed by atoms with E-state index in [1.807, 2.05) is 66.7 Å². The molecule has 0 spiro atoms. The molecule has 5 heteroatoms. The summed E-state index contributed by atoms with van der Waals surface area (Å²) in [6, 6.07) is 21.5. The van der Waals surface area contributed by atoms with Crippen LogP contribution in [0.2, 0.25) is 0 Å². The van der Waals surface area contributed by atoms with Crippen molar-refractivity contribution in [1.82, 2.24) is 10.2 Å². The second-order valence-corrected chi connectivity index (χ2v) is 8.36. The second kappa shape index (κ2) is 6.65. The summed E-state index contributed by atoms with van der Waals surface area (Å²) < 4.78 is 6.42. The van der Waals surface area contributed by atoms with Gasteiger partial charge in [-0.3, -0.25) is 9.89 Å². The lowest BCUT2D eigenvalue weighted by molar-refractivity contribution is 0.253. The van der Waals surface area contributed by atoms with Crippen LogP contribution in [0.3, 0.4) is 0 Å². The van der Waals surface area contributed by atoms with Crippen molar-refractivity contribution in [3.05, 3.63) is 88.7 Å². The van der Waals surface area contributed by atoms with Gasteiger partial charge in [-0.2, -0.15) is 5.10 Å². The Kier molecular flexibility index (Phi) is 3.88. The summed E-state index contributed by atoms with van der Waals surface area (Å²) in [6.07, 6.45) is 4.89. The molecule has 1 aliphatic carbocycles. The van der Waals surface area contributed by atoms with Crippen LogP contribution in [0.1, 0.15) is 24.8 Å². The van der Waals surface area contributed by atoms with E-state index in [2.05, 4.69) is 10.2 Å². The van der Waals surface area contributed by atoms with Gasteiger partial charge in [0, 0.05) is 16.5 Å². The number of nitrogens with two attached hydrogens (primary N) is 1. The molecule has 31 heavy (non-hydrogen) atoms. The average Bonchev–Trinajstić information content (AvgIpc) is 3.27. The first kappa shape index (κ1) is 18.1. The summed E-state index contributed by atoms with van der Waals surface area (Å²) in [5.74, 6) is 0.555. The number of nitrogens with zero attached hydrogens (tertiary/aromatic N) is 1. The van der Waals surface area contributed by atoms with Crippen molar-refractivity contribution in [3.8, 4) is 22.5 Å². The van der Waals surface area contributed by atoms with Crippen molar-refractivity contribution in [2.75, 3.05) is 0 Å². The molecule has 0 aliphatic heterocycles. The Labute approximate surface area is 178 Å². The maximum atomic E-state index is 13.7. The summed E-state index contributed by atoms with van der Waals surface area (Å²) in [4.78, 5) is 13.7. The van der Waals surface area contributed by atoms with Crippen LogP contribution in [0.25, 0.3) is 44.3 Å². The van der Waals surface area contributed by atoms with Gasteiger partial charge in [-0.25, -0.2) is 0 Å². The van der Waals surface area contributed by atoms with Gasteiger partial charge in [0.25, 0.3) is 0 Å². The van der Waals surface area contributed by atoms with Gasteiger partial charge in [0.1, 0.15) is 11.3 Å². The van der Waals surface area contributed by atoms with Crippen molar-refractivity contribution < 1.29 is 4.42 Å². The summed E-state index contributed by atoms with van der Waals surface area (Å²) in [5, 5.41) is 8.52. The van der Waals surface area contributed by atoms with E-state index in [4.69, 9.17) is 10.2 Å². The number of H-pyrrole nitrogens is 1. The quantitative estimate of drug-likeness (QED) is 0.423. The minimum Gasteiger partial charge on any atom is -0.453 e. The molecule has 1 fully saturated rings. The topological polar surface area (TPSA) is 84.9 Å². The highest BCUT2D eigenvalue weighted by Crippen LogP contribution is 2.40. The van der Waals surface area contributed by atoms with Crippen LogP contribution >= 0.6 is 0 Å². The Hall–Kier alpha value is -3.70. The van der Waals surface area contributed by atoms with Crippen molar-refractivity contribution in [2.45, 2.75) is 24.8 Å². The molecule has 3 aromatic carbocycles. The van der Waals surface area contributed by atoms with Crippen LogP contribution < -0.4 is 11.2 Å². The first-order valence-corrected chi connectivity index (χ1v) is 10.5. The Morgan fingerprint density at radius 2 is 1.71 bits per heavy atom. The molecule has 5 aromatic rings. The molecule has 2 aromatic heterocycles. The number of aromatic amines is 1. The number of fused-ring (bicyclic) bond motifs is 3. The maximum Gasteiger partial charge on any atom is 0.201 e. The molecule has 0 saturated heterocycles. The van der Waals surface area contributed by atoms with Crippen molar-refractivity contribution in [1.29, 1.82) is 0 Å². The lowest BCUT2D eigenvalue weighted by Gasteiger charge is -2.38. The first-order chi connectivity index (χ1) is 15.1. The number of benzene rings is 3. The zero-order chi connectivity index (χ0) is 21.0. The molecule has 3 N–H and O–H groups in total. The predicted molar refractivity (Wildman–Crippen MR) is 123 cm³/mol. The van der Waals surface area contributed by atoms with E-state index >= 15 is 0 Å². The fraction of sp³-hybridized carbons (Fsp3) is 0.154. The molecule has 6 rings (SSSR count). The van der Waals surface area contributed by atoms with Gasteiger partial charge in [0.05, 0.1) is 17.1 Å². The lowest BCUT2D eigenvalue weighted by atomic mass is 9.72. The third-order valence-electron chi connectivity index (χ3n) is 6.50. The largest absolute Gasteiger partial charge is 0.453 e. The van der Waals surface area contributed by atoms with Crippen LogP contribution in [0.5, 0.6) is 0 Å². The summed E-state index contributed by atoms with van der Waals surface area (Å²) in [7, 11) is 0. The molecule has 0 amide bonds. The molecule has 152 valence electrons. The minimum atomic E-state index is -0.235. The van der Waals surface area contributed by atoms with Gasteiger partial charge in [-0.05, 0) is 36.5 Å². The number of hydrogen-bond donors (Lipinski definition) is 2. The second-order valence-electron chi connectivity index (χ2n) is 8.36. The first-order valence-electron chi connectivity index (χ1n) is 10.5. The van der Waals surface area contributed by atoms with Gasteiger partial charge >= 0.3 is 0 Å². The van der Waals surface area contributed by atoms with E-state index in [1.54, 1.807) is 6.20 Å². The van der Waals surface area contributed by atoms with Crippen molar-refractivity contribution in [2.24, 2.45) is 5.73 Å². The van der Waals surface area contributed by atoms with Crippen LogP contribution in [0.15, 0.2) is 82.1 Å². The highest BCUT2D eigenvalue weighted by molar-refractivity contribution is 6.03. The molecule has 0 unspecified atom stereocenters. The van der Waals surface area contributed by atoms with Crippen LogP contribution in [0, 0.1) is 0 Å². The Morgan fingerprint density at radius 1 is 0.935 bits per heavy atom. The van der Waals surface area contributed by atoms with E-state index in [0.29, 0.717) is 22.3 Å². The Balaban J connectivity index is 1.63. The lowest BCUT2D eigenvalue weighted by Crippen LogP contribution is -2.43. The van der Waals surface area contributed by atoms with Crippen LogP contribution in [-0.4, -0.2) is 10.2 Å². The molecule has 1 saturated carbocycles. The summed E-state index contributed by atoms with van der Waals surface area (Å²) >= 11 is 0. The normalized spacial score (nSPS) is 15.3.